The highest BCUT2D eigenvalue weighted by atomic mass is 35.5. The number of halogens is 5. The molecule has 0 atom stereocenters. The highest BCUT2D eigenvalue weighted by Gasteiger charge is 2.37. The molecule has 9 heteroatoms. The fourth-order valence-corrected chi connectivity index (χ4v) is 1.72. The van der Waals surface area contributed by atoms with Crippen molar-refractivity contribution in [2.75, 3.05) is 5.73 Å². The van der Waals surface area contributed by atoms with E-state index in [1.807, 2.05) is 13.8 Å². The van der Waals surface area contributed by atoms with Crippen LogP contribution in [0.15, 0.2) is 12.3 Å². The number of anilines is 1. The lowest BCUT2D eigenvalue weighted by atomic mass is 10.1. The summed E-state index contributed by atoms with van der Waals surface area (Å²) in [5.74, 6) is -1.15. The van der Waals surface area contributed by atoms with E-state index in [0.29, 0.717) is 10.9 Å². The number of hydrogen-bond donors (Lipinski definition) is 1. The number of rotatable bonds is 1. The quantitative estimate of drug-likeness (QED) is 0.637. The van der Waals surface area contributed by atoms with Gasteiger partial charge in [-0.1, -0.05) is 25.4 Å². The molecule has 116 valence electrons. The molecule has 0 saturated heterocycles. The zero-order valence-electron chi connectivity index (χ0n) is 11.5. The first-order chi connectivity index (χ1) is 9.71. The summed E-state index contributed by atoms with van der Waals surface area (Å²) < 4.78 is 52.1. The van der Waals surface area contributed by atoms with Crippen molar-refractivity contribution in [2.45, 2.75) is 26.9 Å². The number of nitrogens with zero attached hydrogens (tertiary/aromatic N) is 3. The molecule has 1 aromatic heterocycles. The van der Waals surface area contributed by atoms with Crippen molar-refractivity contribution in [3.8, 4) is 5.69 Å². The molecule has 2 rings (SSSR count). The lowest BCUT2D eigenvalue weighted by molar-refractivity contribution is -0.137. The summed E-state index contributed by atoms with van der Waals surface area (Å²) in [5, 5.41) is 7.08. The van der Waals surface area contributed by atoms with E-state index in [1.54, 1.807) is 0 Å². The van der Waals surface area contributed by atoms with Gasteiger partial charge in [-0.3, -0.25) is 0 Å². The van der Waals surface area contributed by atoms with Gasteiger partial charge in [-0.15, -0.1) is 9.90 Å². The minimum Gasteiger partial charge on any atom is -0.396 e. The maximum atomic E-state index is 13.4. The fourth-order valence-electron chi connectivity index (χ4n) is 1.61. The number of nitrogens with two attached hydrogens (primary N) is 1. The number of hydrogen-bond acceptors (Lipinski definition) is 3. The van der Waals surface area contributed by atoms with Crippen molar-refractivity contribution >= 4 is 17.3 Å². The number of alkyl halides is 3. The van der Waals surface area contributed by atoms with E-state index in [0.717, 1.165) is 6.20 Å². The van der Waals surface area contributed by atoms with Crippen molar-refractivity contribution in [1.29, 1.82) is 0 Å². The number of benzene rings is 1. The molecule has 0 unspecified atom stereocenters. The Morgan fingerprint density at radius 3 is 2.29 bits per heavy atom. The fraction of sp³-hybridized carbons (Fsp3) is 0.333. The molecule has 0 aliphatic rings. The summed E-state index contributed by atoms with van der Waals surface area (Å²) in [6.07, 6.45) is -3.70. The van der Waals surface area contributed by atoms with Crippen molar-refractivity contribution < 1.29 is 17.6 Å². The molecule has 0 spiro atoms. The van der Waals surface area contributed by atoms with Crippen LogP contribution in [0, 0.1) is 12.7 Å². The molecule has 2 aromatic rings. The Bertz CT molecular complexity index is 637. The van der Waals surface area contributed by atoms with Crippen LogP contribution in [0.1, 0.15) is 25.0 Å². The van der Waals surface area contributed by atoms with E-state index in [2.05, 4.69) is 10.2 Å². The topological polar surface area (TPSA) is 56.7 Å². The molecular weight excluding hydrogens is 312 g/mol. The van der Waals surface area contributed by atoms with Gasteiger partial charge in [0, 0.05) is 5.56 Å². The Morgan fingerprint density at radius 2 is 1.86 bits per heavy atom. The first kappa shape index (κ1) is 17.2. The van der Waals surface area contributed by atoms with E-state index in [1.165, 1.54) is 6.92 Å². The molecule has 0 fully saturated rings. The Labute approximate surface area is 123 Å². The third-order valence-electron chi connectivity index (χ3n) is 2.51. The number of nitrogen functional groups attached to an aromatic ring is 1. The summed E-state index contributed by atoms with van der Waals surface area (Å²) in [7, 11) is 0. The van der Waals surface area contributed by atoms with Crippen LogP contribution in [0.4, 0.5) is 23.2 Å². The van der Waals surface area contributed by atoms with Crippen molar-refractivity contribution in [3.05, 3.63) is 34.4 Å². The smallest absolute Gasteiger partial charge is 0.396 e. The van der Waals surface area contributed by atoms with Gasteiger partial charge < -0.3 is 5.73 Å². The van der Waals surface area contributed by atoms with Gasteiger partial charge >= 0.3 is 6.18 Å². The second kappa shape index (κ2) is 6.30. The van der Waals surface area contributed by atoms with Crippen molar-refractivity contribution in [3.63, 3.8) is 0 Å². The van der Waals surface area contributed by atoms with Crippen molar-refractivity contribution in [1.82, 2.24) is 15.0 Å². The van der Waals surface area contributed by atoms with E-state index in [9.17, 15) is 17.6 Å². The van der Waals surface area contributed by atoms with Gasteiger partial charge in [-0.05, 0) is 13.0 Å². The summed E-state index contributed by atoms with van der Waals surface area (Å²) in [5.41, 5.74) is 3.23. The minimum absolute atomic E-state index is 0.0876. The van der Waals surface area contributed by atoms with E-state index >= 15 is 0 Å². The first-order valence-corrected chi connectivity index (χ1v) is 6.33. The maximum Gasteiger partial charge on any atom is 0.418 e. The summed E-state index contributed by atoms with van der Waals surface area (Å²) in [6.45, 7) is 5.25. The maximum absolute atomic E-state index is 13.4. The van der Waals surface area contributed by atoms with Gasteiger partial charge in [0.1, 0.15) is 11.5 Å². The molecule has 0 bridgehead atoms. The van der Waals surface area contributed by atoms with Crippen LogP contribution in [-0.2, 0) is 6.18 Å². The Kier molecular flexibility index (Phi) is 5.16. The Morgan fingerprint density at radius 1 is 1.29 bits per heavy atom. The lowest BCUT2D eigenvalue weighted by Crippen LogP contribution is -2.16. The predicted octanol–water partition coefficient (Wildman–Crippen LogP) is 4.00. The zero-order chi connectivity index (χ0) is 16.4. The molecule has 0 saturated carbocycles. The summed E-state index contributed by atoms with van der Waals surface area (Å²) in [4.78, 5) is 0.677. The monoisotopic (exact) mass is 324 g/mol. The highest BCUT2D eigenvalue weighted by Crippen LogP contribution is 2.38. The summed E-state index contributed by atoms with van der Waals surface area (Å²) >= 11 is 5.52. The van der Waals surface area contributed by atoms with Crippen LogP contribution in [-0.4, -0.2) is 15.0 Å². The van der Waals surface area contributed by atoms with Crippen LogP contribution >= 0.6 is 11.6 Å². The molecule has 1 heterocycles. The zero-order valence-corrected chi connectivity index (χ0v) is 12.2. The third-order valence-corrected chi connectivity index (χ3v) is 2.69. The van der Waals surface area contributed by atoms with E-state index in [4.69, 9.17) is 17.3 Å². The molecule has 21 heavy (non-hydrogen) atoms. The van der Waals surface area contributed by atoms with Crippen LogP contribution in [0.2, 0.25) is 5.15 Å². The van der Waals surface area contributed by atoms with Crippen LogP contribution < -0.4 is 5.73 Å². The van der Waals surface area contributed by atoms with Crippen LogP contribution in [0.25, 0.3) is 5.69 Å². The van der Waals surface area contributed by atoms with E-state index < -0.39 is 28.9 Å². The van der Waals surface area contributed by atoms with E-state index in [-0.39, 0.29) is 10.7 Å². The van der Waals surface area contributed by atoms with Crippen LogP contribution in [0.3, 0.4) is 0 Å². The highest BCUT2D eigenvalue weighted by molar-refractivity contribution is 6.29. The van der Waals surface area contributed by atoms with Gasteiger partial charge in [0.15, 0.2) is 5.15 Å². The Balaban J connectivity index is 0.00000106. The summed E-state index contributed by atoms with van der Waals surface area (Å²) in [6, 6.07) is 0.314. The molecule has 4 nitrogen and oxygen atoms in total. The van der Waals surface area contributed by atoms with Gasteiger partial charge in [0.2, 0.25) is 0 Å². The van der Waals surface area contributed by atoms with Crippen LogP contribution in [0.5, 0.6) is 0 Å². The Hall–Kier alpha value is -1.83. The van der Waals surface area contributed by atoms with Gasteiger partial charge in [-0.2, -0.15) is 18.3 Å². The molecule has 2 N–H and O–H groups in total. The minimum atomic E-state index is -4.77. The first-order valence-electron chi connectivity index (χ1n) is 5.96. The molecule has 0 amide bonds. The normalized spacial score (nSPS) is 11.0. The standard InChI is InChI=1S/C10H7ClF4N4.C2H6/c1-4-8(16)6(12)2-5(10(13,14)15)9(4)19-17-3-7(11)18-19;1-2/h2-3H,16H2,1H3;1-2H3. The lowest BCUT2D eigenvalue weighted by Gasteiger charge is -2.16. The molecule has 0 aliphatic heterocycles. The number of aromatic nitrogens is 3. The van der Waals surface area contributed by atoms with Gasteiger partial charge in [0.25, 0.3) is 0 Å². The average Bonchev–Trinajstić information content (AvgIpc) is 2.83. The second-order valence-corrected chi connectivity index (χ2v) is 4.13. The van der Waals surface area contributed by atoms with Crippen molar-refractivity contribution in [2.24, 2.45) is 0 Å². The second-order valence-electron chi connectivity index (χ2n) is 3.75. The third kappa shape index (κ3) is 3.44. The molecule has 1 aromatic carbocycles. The van der Waals surface area contributed by atoms with Gasteiger partial charge in [0.05, 0.1) is 17.4 Å². The SMILES string of the molecule is CC.Cc1c(N)c(F)cc(C(F)(F)F)c1-n1ncc(Cl)n1. The molecular formula is C12H13ClF4N4. The predicted molar refractivity (Wildman–Crippen MR) is 71.8 cm³/mol. The molecule has 0 radical (unpaired) electrons. The largest absolute Gasteiger partial charge is 0.418 e. The van der Waals surface area contributed by atoms with Gasteiger partial charge in [-0.25, -0.2) is 4.39 Å². The average molecular weight is 325 g/mol. The molecule has 0 aliphatic carbocycles.